The van der Waals surface area contributed by atoms with Crippen molar-refractivity contribution in [1.82, 2.24) is 0 Å². The first-order valence-electron chi connectivity index (χ1n) is 12.3. The Hall–Kier alpha value is -2.55. The first-order valence-corrected chi connectivity index (χ1v) is 12.3. The predicted molar refractivity (Wildman–Crippen MR) is 136 cm³/mol. The van der Waals surface area contributed by atoms with Crippen LogP contribution in [0, 0.1) is 0 Å². The van der Waals surface area contributed by atoms with Crippen LogP contribution >= 0.6 is 0 Å². The van der Waals surface area contributed by atoms with Gasteiger partial charge in [0.05, 0.1) is 6.42 Å². The Bertz CT molecular complexity index is 996. The van der Waals surface area contributed by atoms with Crippen molar-refractivity contribution in [2.45, 2.75) is 97.0 Å². The molecule has 1 aliphatic rings. The van der Waals surface area contributed by atoms with E-state index in [4.69, 9.17) is 4.74 Å². The maximum absolute atomic E-state index is 11.3. The normalized spacial score (nSPS) is 19.9. The molecule has 0 aromatic heterocycles. The van der Waals surface area contributed by atoms with Gasteiger partial charge in [0.2, 0.25) is 0 Å². The summed E-state index contributed by atoms with van der Waals surface area (Å²) in [6.45, 7) is 14.0. The van der Waals surface area contributed by atoms with Gasteiger partial charge in [0.1, 0.15) is 12.4 Å². The van der Waals surface area contributed by atoms with Crippen LogP contribution in [-0.4, -0.2) is 11.1 Å². The van der Waals surface area contributed by atoms with Crippen molar-refractivity contribution < 1.29 is 14.6 Å². The van der Waals surface area contributed by atoms with E-state index < -0.39 is 5.97 Å². The van der Waals surface area contributed by atoms with Crippen molar-refractivity contribution in [3.63, 3.8) is 0 Å². The van der Waals surface area contributed by atoms with E-state index in [1.54, 1.807) is 0 Å². The summed E-state index contributed by atoms with van der Waals surface area (Å²) in [5, 5.41) is 9.30. The molecule has 2 atom stereocenters. The fourth-order valence-corrected chi connectivity index (χ4v) is 4.92. The van der Waals surface area contributed by atoms with Crippen LogP contribution in [0.25, 0.3) is 0 Å². The number of allylic oxidation sites excluding steroid dienone is 2. The van der Waals surface area contributed by atoms with Crippen LogP contribution in [0.4, 0.5) is 0 Å². The van der Waals surface area contributed by atoms with Crippen LogP contribution < -0.4 is 4.74 Å². The van der Waals surface area contributed by atoms with Gasteiger partial charge in [-0.05, 0) is 90.7 Å². The Morgan fingerprint density at radius 3 is 2.36 bits per heavy atom. The zero-order chi connectivity index (χ0) is 24.2. The molecule has 0 bridgehead atoms. The summed E-state index contributed by atoms with van der Waals surface area (Å²) in [5.74, 6) is 0.0191. The molecule has 0 saturated carbocycles. The van der Waals surface area contributed by atoms with Gasteiger partial charge in [-0.15, -0.1) is 0 Å². The second-order valence-corrected chi connectivity index (χ2v) is 10.8. The van der Waals surface area contributed by atoms with Gasteiger partial charge in [0.15, 0.2) is 0 Å². The van der Waals surface area contributed by atoms with Crippen LogP contribution in [-0.2, 0) is 22.2 Å². The van der Waals surface area contributed by atoms with Gasteiger partial charge in [-0.25, -0.2) is 0 Å². The highest BCUT2D eigenvalue weighted by Gasteiger charge is 2.38. The van der Waals surface area contributed by atoms with Gasteiger partial charge in [0.25, 0.3) is 0 Å². The summed E-state index contributed by atoms with van der Waals surface area (Å²) >= 11 is 0. The molecule has 1 N–H and O–H groups in total. The minimum Gasteiger partial charge on any atom is -0.489 e. The molecular formula is C30H40O3. The number of rotatable bonds is 9. The highest BCUT2D eigenvalue weighted by Crippen LogP contribution is 2.47. The third-order valence-corrected chi connectivity index (χ3v) is 7.53. The number of hydrogen-bond acceptors (Lipinski definition) is 2. The van der Waals surface area contributed by atoms with E-state index in [2.05, 4.69) is 52.0 Å². The Labute approximate surface area is 199 Å². The fraction of sp³-hybridized carbons (Fsp3) is 0.500. The van der Waals surface area contributed by atoms with Crippen LogP contribution in [0.2, 0.25) is 0 Å². The van der Waals surface area contributed by atoms with Gasteiger partial charge >= 0.3 is 5.97 Å². The third-order valence-electron chi connectivity index (χ3n) is 7.53. The lowest BCUT2D eigenvalue weighted by molar-refractivity contribution is -0.137. The smallest absolute Gasteiger partial charge is 0.303 e. The first kappa shape index (κ1) is 25.1. The molecule has 2 aromatic carbocycles. The standard InChI is InChI=1S/C30H40O3/c1-7-30(6)17-16-29(4,5)26-15-9-22(18-27(26)30)20-33-25-13-11-23(12-14-25)24(19-28(31)32)10-8-21(2)3/h8-9,11-15,18,24H,7,10,16-17,19-20H2,1-6H3,(H,31,32)/t24-,30?/m0/s1. The molecule has 178 valence electrons. The average molecular weight is 449 g/mol. The molecule has 0 heterocycles. The quantitative estimate of drug-likeness (QED) is 0.396. The van der Waals surface area contributed by atoms with Crippen molar-refractivity contribution in [3.05, 3.63) is 76.4 Å². The predicted octanol–water partition coefficient (Wildman–Crippen LogP) is 7.92. The lowest BCUT2D eigenvalue weighted by Gasteiger charge is -2.43. The highest BCUT2D eigenvalue weighted by atomic mass is 16.5. The van der Waals surface area contributed by atoms with Crippen molar-refractivity contribution in [3.8, 4) is 5.75 Å². The molecule has 3 nitrogen and oxygen atoms in total. The lowest BCUT2D eigenvalue weighted by Crippen LogP contribution is -2.35. The van der Waals surface area contributed by atoms with E-state index in [9.17, 15) is 9.90 Å². The summed E-state index contributed by atoms with van der Waals surface area (Å²) in [6.07, 6.45) is 6.57. The number of aliphatic carboxylic acids is 1. The Balaban J connectivity index is 1.73. The van der Waals surface area contributed by atoms with Gasteiger partial charge in [-0.1, -0.05) is 69.7 Å². The number of benzene rings is 2. The van der Waals surface area contributed by atoms with E-state index in [0.717, 1.165) is 24.2 Å². The summed E-state index contributed by atoms with van der Waals surface area (Å²) in [6, 6.07) is 14.8. The van der Waals surface area contributed by atoms with E-state index in [1.165, 1.54) is 35.1 Å². The second kappa shape index (κ2) is 10.2. The highest BCUT2D eigenvalue weighted by molar-refractivity contribution is 5.68. The van der Waals surface area contributed by atoms with Crippen molar-refractivity contribution in [1.29, 1.82) is 0 Å². The molecule has 33 heavy (non-hydrogen) atoms. The minimum atomic E-state index is -0.767. The third kappa shape index (κ3) is 6.07. The van der Waals surface area contributed by atoms with Crippen molar-refractivity contribution >= 4 is 5.97 Å². The van der Waals surface area contributed by atoms with E-state index in [0.29, 0.717) is 6.61 Å². The largest absolute Gasteiger partial charge is 0.489 e. The molecule has 3 rings (SSSR count). The SMILES string of the molecule is CCC1(C)CCC(C)(C)c2ccc(COc3ccc([C@@H](CC=C(C)C)CC(=O)O)cc3)cc21. The Morgan fingerprint density at radius 2 is 1.76 bits per heavy atom. The molecule has 0 aliphatic heterocycles. The Kier molecular flexibility index (Phi) is 7.72. The minimum absolute atomic E-state index is 0.0258. The van der Waals surface area contributed by atoms with Crippen LogP contribution in [0.15, 0.2) is 54.1 Å². The number of carbonyl (C=O) groups is 1. The molecule has 3 heteroatoms. The Morgan fingerprint density at radius 1 is 1.06 bits per heavy atom. The zero-order valence-electron chi connectivity index (χ0n) is 21.2. The monoisotopic (exact) mass is 448 g/mol. The lowest BCUT2D eigenvalue weighted by atomic mass is 9.61. The average Bonchev–Trinajstić information content (AvgIpc) is 2.78. The van der Waals surface area contributed by atoms with E-state index in [-0.39, 0.29) is 23.2 Å². The molecule has 0 spiro atoms. The van der Waals surface area contributed by atoms with Crippen LogP contribution in [0.1, 0.15) is 102 Å². The molecule has 1 unspecified atom stereocenters. The molecule has 0 fully saturated rings. The van der Waals surface area contributed by atoms with Crippen LogP contribution in [0.3, 0.4) is 0 Å². The first-order chi connectivity index (χ1) is 15.5. The molecule has 0 amide bonds. The van der Waals surface area contributed by atoms with Crippen LogP contribution in [0.5, 0.6) is 5.75 Å². The fourth-order valence-electron chi connectivity index (χ4n) is 4.92. The van der Waals surface area contributed by atoms with E-state index in [1.807, 2.05) is 38.1 Å². The topological polar surface area (TPSA) is 46.5 Å². The number of carboxylic acid groups (broad SMARTS) is 1. The molecular weight excluding hydrogens is 408 g/mol. The van der Waals surface area contributed by atoms with Gasteiger partial charge < -0.3 is 9.84 Å². The zero-order valence-corrected chi connectivity index (χ0v) is 21.2. The maximum Gasteiger partial charge on any atom is 0.303 e. The number of ether oxygens (including phenoxy) is 1. The van der Waals surface area contributed by atoms with Crippen molar-refractivity contribution in [2.75, 3.05) is 0 Å². The van der Waals surface area contributed by atoms with E-state index >= 15 is 0 Å². The molecule has 1 aliphatic carbocycles. The number of hydrogen-bond donors (Lipinski definition) is 1. The summed E-state index contributed by atoms with van der Waals surface area (Å²) in [4.78, 5) is 11.3. The van der Waals surface area contributed by atoms with Gasteiger partial charge in [0, 0.05) is 0 Å². The second-order valence-electron chi connectivity index (χ2n) is 10.8. The van der Waals surface area contributed by atoms with Gasteiger partial charge in [-0.3, -0.25) is 4.79 Å². The maximum atomic E-state index is 11.3. The summed E-state index contributed by atoms with van der Waals surface area (Å²) < 4.78 is 6.12. The number of fused-ring (bicyclic) bond motifs is 1. The van der Waals surface area contributed by atoms with Crippen molar-refractivity contribution in [2.24, 2.45) is 0 Å². The molecule has 2 aromatic rings. The number of carboxylic acids is 1. The molecule has 0 radical (unpaired) electrons. The van der Waals surface area contributed by atoms with Gasteiger partial charge in [-0.2, -0.15) is 0 Å². The summed E-state index contributed by atoms with van der Waals surface area (Å²) in [7, 11) is 0. The summed E-state index contributed by atoms with van der Waals surface area (Å²) in [5.41, 5.74) is 6.85. The molecule has 0 saturated heterocycles.